The highest BCUT2D eigenvalue weighted by Gasteiger charge is 2.17. The molecule has 7 N–H and O–H groups in total. The third kappa shape index (κ3) is 3.82. The largest absolute Gasteiger partial charge is 0.368 e. The zero-order valence-electron chi connectivity index (χ0n) is 9.26. The summed E-state index contributed by atoms with van der Waals surface area (Å²) < 4.78 is 0.476. The van der Waals surface area contributed by atoms with Gasteiger partial charge in [0.1, 0.15) is 5.82 Å². The van der Waals surface area contributed by atoms with Gasteiger partial charge < -0.3 is 16.4 Å². The minimum absolute atomic E-state index is 0.132. The molecule has 0 aliphatic carbocycles. The first kappa shape index (κ1) is 14.1. The molecule has 0 aliphatic rings. The number of rotatable bonds is 6. The minimum atomic E-state index is -0.621. The van der Waals surface area contributed by atoms with Gasteiger partial charge in [0.15, 0.2) is 0 Å². The van der Waals surface area contributed by atoms with Gasteiger partial charge in [-0.1, -0.05) is 0 Å². The van der Waals surface area contributed by atoms with Crippen molar-refractivity contribution >= 4 is 39.5 Å². The molecule has 18 heavy (non-hydrogen) atoms. The summed E-state index contributed by atoms with van der Waals surface area (Å²) in [5.41, 5.74) is 12.4. The molecular weight excluding hydrogens is 306 g/mol. The predicted molar refractivity (Wildman–Crippen MR) is 68.1 cm³/mol. The maximum Gasteiger partial charge on any atom is 0.239 e. The van der Waals surface area contributed by atoms with Crippen LogP contribution in [-0.2, 0) is 9.59 Å². The summed E-state index contributed by atoms with van der Waals surface area (Å²) in [4.78, 5) is 31.1. The molecule has 1 heterocycles. The molecular formula is C8H12BrN7O2. The van der Waals surface area contributed by atoms with E-state index in [-0.39, 0.29) is 24.9 Å². The Hall–Kier alpha value is -1.94. The summed E-state index contributed by atoms with van der Waals surface area (Å²) in [5.74, 6) is 4.36. The molecule has 0 fully saturated rings. The van der Waals surface area contributed by atoms with E-state index in [0.29, 0.717) is 4.47 Å². The van der Waals surface area contributed by atoms with Crippen LogP contribution in [0.25, 0.3) is 0 Å². The third-order valence-electron chi connectivity index (χ3n) is 1.85. The Morgan fingerprint density at radius 2 is 1.89 bits per heavy atom. The van der Waals surface area contributed by atoms with Crippen molar-refractivity contribution in [2.45, 2.75) is 0 Å². The smallest absolute Gasteiger partial charge is 0.239 e. The van der Waals surface area contributed by atoms with E-state index in [4.69, 9.17) is 17.3 Å². The summed E-state index contributed by atoms with van der Waals surface area (Å²) >= 11 is 3.20. The van der Waals surface area contributed by atoms with Gasteiger partial charge in [-0.05, 0) is 15.9 Å². The zero-order valence-corrected chi connectivity index (χ0v) is 10.8. The summed E-state index contributed by atoms with van der Waals surface area (Å²) in [6.07, 6.45) is 1.42. The monoisotopic (exact) mass is 317 g/mol. The Morgan fingerprint density at radius 1 is 1.33 bits per heavy atom. The van der Waals surface area contributed by atoms with E-state index in [2.05, 4.69) is 31.3 Å². The number of hydrogen-bond acceptors (Lipinski definition) is 7. The maximum absolute atomic E-state index is 11.0. The van der Waals surface area contributed by atoms with Crippen LogP contribution in [-0.4, -0.2) is 34.9 Å². The van der Waals surface area contributed by atoms with Crippen LogP contribution in [0.1, 0.15) is 0 Å². The second-order valence-electron chi connectivity index (χ2n) is 3.30. The van der Waals surface area contributed by atoms with Crippen LogP contribution in [0, 0.1) is 0 Å². The Kier molecular flexibility index (Phi) is 4.80. The number of carbonyl (C=O) groups excluding carboxylic acids is 2. The highest BCUT2D eigenvalue weighted by Crippen LogP contribution is 2.23. The second kappa shape index (κ2) is 6.12. The molecule has 0 spiro atoms. The number of amides is 2. The van der Waals surface area contributed by atoms with Gasteiger partial charge in [0, 0.05) is 6.20 Å². The lowest BCUT2D eigenvalue weighted by atomic mass is 10.4. The van der Waals surface area contributed by atoms with E-state index in [1.165, 1.54) is 11.1 Å². The molecule has 2 amide bonds. The molecule has 10 heteroatoms. The molecule has 0 radical (unpaired) electrons. The fourth-order valence-electron chi connectivity index (χ4n) is 1.23. The molecule has 0 unspecified atom stereocenters. The highest BCUT2D eigenvalue weighted by atomic mass is 79.9. The third-order valence-corrected chi connectivity index (χ3v) is 2.41. The first-order chi connectivity index (χ1) is 8.43. The van der Waals surface area contributed by atoms with Crippen LogP contribution in [0.15, 0.2) is 10.7 Å². The van der Waals surface area contributed by atoms with E-state index >= 15 is 0 Å². The van der Waals surface area contributed by atoms with Crippen molar-refractivity contribution in [1.29, 1.82) is 0 Å². The van der Waals surface area contributed by atoms with Crippen molar-refractivity contribution in [1.82, 2.24) is 9.97 Å². The molecule has 1 aromatic heterocycles. The fraction of sp³-hybridized carbons (Fsp3) is 0.250. The van der Waals surface area contributed by atoms with Crippen molar-refractivity contribution in [3.8, 4) is 0 Å². The standard InChI is InChI=1S/C8H12BrN7O2/c9-4-1-13-8(15-12)14-7(4)16(2-5(10)17)3-6(11)18/h1H,2-3,12H2,(H2,10,17)(H2,11,18)(H,13,14,15). The van der Waals surface area contributed by atoms with Crippen LogP contribution < -0.4 is 27.6 Å². The molecule has 1 aromatic rings. The van der Waals surface area contributed by atoms with Crippen molar-refractivity contribution in [2.24, 2.45) is 17.3 Å². The lowest BCUT2D eigenvalue weighted by molar-refractivity contribution is -0.117. The molecule has 98 valence electrons. The van der Waals surface area contributed by atoms with Gasteiger partial charge in [0.2, 0.25) is 17.8 Å². The predicted octanol–water partition coefficient (Wildman–Crippen LogP) is -1.70. The van der Waals surface area contributed by atoms with Crippen molar-refractivity contribution < 1.29 is 9.59 Å². The lowest BCUT2D eigenvalue weighted by Crippen LogP contribution is -2.40. The SMILES string of the molecule is NNc1ncc(Br)c(N(CC(N)=O)CC(N)=O)n1. The van der Waals surface area contributed by atoms with Crippen molar-refractivity contribution in [3.05, 3.63) is 10.7 Å². The average Bonchev–Trinajstić information content (AvgIpc) is 2.27. The topological polar surface area (TPSA) is 153 Å². The number of hydrogen-bond donors (Lipinski definition) is 4. The molecule has 0 saturated heterocycles. The number of halogens is 1. The van der Waals surface area contributed by atoms with Crippen molar-refractivity contribution in [2.75, 3.05) is 23.4 Å². The zero-order chi connectivity index (χ0) is 13.7. The Labute approximate surface area is 111 Å². The number of nitrogens with zero attached hydrogens (tertiary/aromatic N) is 3. The number of primary amides is 2. The van der Waals surface area contributed by atoms with Crippen LogP contribution in [0.2, 0.25) is 0 Å². The Morgan fingerprint density at radius 3 is 2.33 bits per heavy atom. The van der Waals surface area contributed by atoms with E-state index in [1.807, 2.05) is 0 Å². The first-order valence-electron chi connectivity index (χ1n) is 4.74. The van der Waals surface area contributed by atoms with Crippen LogP contribution in [0.5, 0.6) is 0 Å². The van der Waals surface area contributed by atoms with Crippen molar-refractivity contribution in [3.63, 3.8) is 0 Å². The Bertz CT molecular complexity index is 451. The maximum atomic E-state index is 11.0. The van der Waals surface area contributed by atoms with E-state index in [0.717, 1.165) is 0 Å². The molecule has 1 rings (SSSR count). The minimum Gasteiger partial charge on any atom is -0.368 e. The van der Waals surface area contributed by atoms with Gasteiger partial charge >= 0.3 is 0 Å². The lowest BCUT2D eigenvalue weighted by Gasteiger charge is -2.21. The van der Waals surface area contributed by atoms with Crippen LogP contribution >= 0.6 is 15.9 Å². The van der Waals surface area contributed by atoms with Gasteiger partial charge in [0.25, 0.3) is 0 Å². The first-order valence-corrected chi connectivity index (χ1v) is 5.54. The van der Waals surface area contributed by atoms with E-state index in [1.54, 1.807) is 0 Å². The molecule has 0 saturated carbocycles. The molecule has 0 aliphatic heterocycles. The van der Waals surface area contributed by atoms with Gasteiger partial charge in [0.05, 0.1) is 17.6 Å². The summed E-state index contributed by atoms with van der Waals surface area (Å²) in [6, 6.07) is 0. The van der Waals surface area contributed by atoms with Gasteiger partial charge in [-0.25, -0.2) is 10.8 Å². The van der Waals surface area contributed by atoms with Gasteiger partial charge in [-0.15, -0.1) is 0 Å². The number of nitrogen functional groups attached to an aromatic ring is 1. The number of anilines is 2. The number of hydrazine groups is 1. The van der Waals surface area contributed by atoms with E-state index < -0.39 is 11.8 Å². The number of carbonyl (C=O) groups is 2. The van der Waals surface area contributed by atoms with E-state index in [9.17, 15) is 9.59 Å². The summed E-state index contributed by atoms with van der Waals surface area (Å²) in [7, 11) is 0. The number of nitrogens with two attached hydrogens (primary N) is 3. The quantitative estimate of drug-likeness (QED) is 0.360. The number of nitrogens with one attached hydrogen (secondary N) is 1. The Balaban J connectivity index is 3.09. The fourth-order valence-corrected chi connectivity index (χ4v) is 1.67. The molecule has 0 aromatic carbocycles. The molecule has 0 bridgehead atoms. The van der Waals surface area contributed by atoms with Crippen LogP contribution in [0.4, 0.5) is 11.8 Å². The highest BCUT2D eigenvalue weighted by molar-refractivity contribution is 9.10. The summed E-state index contributed by atoms with van der Waals surface area (Å²) in [6.45, 7) is -0.412. The van der Waals surface area contributed by atoms with Crippen LogP contribution in [0.3, 0.4) is 0 Å². The molecule has 9 nitrogen and oxygen atoms in total. The average molecular weight is 318 g/mol. The second-order valence-corrected chi connectivity index (χ2v) is 4.15. The van der Waals surface area contributed by atoms with Gasteiger partial charge in [-0.2, -0.15) is 4.98 Å². The summed E-state index contributed by atoms with van der Waals surface area (Å²) in [5, 5.41) is 0. The number of aromatic nitrogens is 2. The molecule has 0 atom stereocenters. The van der Waals surface area contributed by atoms with Gasteiger partial charge in [-0.3, -0.25) is 15.0 Å². The normalized spacial score (nSPS) is 9.89.